The third kappa shape index (κ3) is 5.09. The molecule has 2 heterocycles. The number of methoxy groups -OCH3 is 3. The van der Waals surface area contributed by atoms with Crippen LogP contribution < -0.4 is 19.1 Å². The first-order valence-corrected chi connectivity index (χ1v) is 12.4. The van der Waals surface area contributed by atoms with E-state index < -0.39 is 0 Å². The van der Waals surface area contributed by atoms with E-state index in [1.807, 2.05) is 78.7 Å². The number of carbonyl (C=O) groups is 1. The van der Waals surface area contributed by atoms with E-state index in [0.717, 1.165) is 38.5 Å². The summed E-state index contributed by atoms with van der Waals surface area (Å²) in [6.45, 7) is 2.79. The van der Waals surface area contributed by atoms with Crippen molar-refractivity contribution in [1.29, 1.82) is 0 Å². The number of benzene rings is 2. The fourth-order valence-electron chi connectivity index (χ4n) is 4.18. The third-order valence-corrected chi connectivity index (χ3v) is 7.07. The zero-order valence-electron chi connectivity index (χ0n) is 21.5. The molecule has 7 nitrogen and oxygen atoms in total. The van der Waals surface area contributed by atoms with Crippen LogP contribution in [0, 0.1) is 6.92 Å². The van der Waals surface area contributed by atoms with Gasteiger partial charge in [0.1, 0.15) is 28.6 Å². The zero-order chi connectivity index (χ0) is 25.8. The molecule has 0 bridgehead atoms. The lowest BCUT2D eigenvalue weighted by Gasteiger charge is -2.26. The van der Waals surface area contributed by atoms with Gasteiger partial charge in [0, 0.05) is 31.6 Å². The Morgan fingerprint density at radius 2 is 1.61 bits per heavy atom. The molecule has 0 aliphatic rings. The van der Waals surface area contributed by atoms with Crippen molar-refractivity contribution in [3.8, 4) is 17.2 Å². The number of rotatable bonds is 9. The second-order valence-electron chi connectivity index (χ2n) is 8.67. The molecule has 0 N–H and O–H groups in total. The number of ether oxygens (including phenoxy) is 3. The predicted octanol–water partition coefficient (Wildman–Crippen LogP) is 5.54. The molecule has 4 aromatic rings. The van der Waals surface area contributed by atoms with Crippen molar-refractivity contribution in [1.82, 2.24) is 9.88 Å². The highest BCUT2D eigenvalue weighted by Gasteiger charge is 2.23. The lowest BCUT2D eigenvalue weighted by Crippen LogP contribution is -2.31. The van der Waals surface area contributed by atoms with Crippen molar-refractivity contribution in [3.05, 3.63) is 75.5 Å². The Labute approximate surface area is 215 Å². The molecule has 0 fully saturated rings. The Hall–Kier alpha value is -3.78. The molecular formula is C28H31N3O4S. The molecule has 2 aromatic carbocycles. The van der Waals surface area contributed by atoms with E-state index in [0.29, 0.717) is 30.1 Å². The van der Waals surface area contributed by atoms with Gasteiger partial charge in [-0.25, -0.2) is 4.98 Å². The summed E-state index contributed by atoms with van der Waals surface area (Å²) in [6.07, 6.45) is 0. The molecule has 0 saturated heterocycles. The minimum Gasteiger partial charge on any atom is -0.497 e. The second kappa shape index (κ2) is 10.9. The number of fused-ring (bicyclic) bond motifs is 1. The van der Waals surface area contributed by atoms with Crippen LogP contribution in [0.2, 0.25) is 0 Å². The van der Waals surface area contributed by atoms with E-state index in [1.165, 1.54) is 11.3 Å². The largest absolute Gasteiger partial charge is 0.497 e. The van der Waals surface area contributed by atoms with Gasteiger partial charge < -0.3 is 24.0 Å². The topological polar surface area (TPSA) is 64.1 Å². The molecule has 0 aliphatic carbocycles. The SMILES string of the molecule is COc1ccc(CN(Cc2cc3c(OC)ccc(OC)c3nc2N(C)C)C(=O)c2sccc2C)cc1. The molecule has 0 saturated carbocycles. The summed E-state index contributed by atoms with van der Waals surface area (Å²) >= 11 is 1.46. The van der Waals surface area contributed by atoms with Gasteiger partial charge in [0.15, 0.2) is 0 Å². The molecule has 0 unspecified atom stereocenters. The Morgan fingerprint density at radius 1 is 0.917 bits per heavy atom. The highest BCUT2D eigenvalue weighted by atomic mass is 32.1. The maximum Gasteiger partial charge on any atom is 0.264 e. The maximum absolute atomic E-state index is 13.8. The van der Waals surface area contributed by atoms with Gasteiger partial charge in [-0.05, 0) is 59.8 Å². The van der Waals surface area contributed by atoms with Gasteiger partial charge in [-0.15, -0.1) is 11.3 Å². The lowest BCUT2D eigenvalue weighted by atomic mass is 10.1. The fraction of sp³-hybridized carbons (Fsp3) is 0.286. The van der Waals surface area contributed by atoms with Crippen molar-refractivity contribution in [3.63, 3.8) is 0 Å². The summed E-state index contributed by atoms with van der Waals surface area (Å²) in [5, 5.41) is 2.79. The van der Waals surface area contributed by atoms with Crippen molar-refractivity contribution in [2.24, 2.45) is 0 Å². The smallest absolute Gasteiger partial charge is 0.264 e. The van der Waals surface area contributed by atoms with E-state index in [2.05, 4.69) is 6.07 Å². The van der Waals surface area contributed by atoms with Crippen LogP contribution in [-0.2, 0) is 13.1 Å². The van der Waals surface area contributed by atoms with Crippen LogP contribution in [0.3, 0.4) is 0 Å². The third-order valence-electron chi connectivity index (χ3n) is 6.06. The Bertz CT molecular complexity index is 1370. The van der Waals surface area contributed by atoms with Crippen LogP contribution in [0.4, 0.5) is 5.82 Å². The van der Waals surface area contributed by atoms with Crippen LogP contribution in [0.25, 0.3) is 10.9 Å². The molecule has 8 heteroatoms. The fourth-order valence-corrected chi connectivity index (χ4v) is 5.07. The standard InChI is InChI=1S/C28H31N3O4S/c1-18-13-14-36-26(18)28(32)31(16-19-7-9-21(33-4)10-8-19)17-20-15-22-23(34-5)11-12-24(35-6)25(22)29-27(20)30(2)3/h7-15H,16-17H2,1-6H3. The quantitative estimate of drug-likeness (QED) is 0.298. The number of aromatic nitrogens is 1. The summed E-state index contributed by atoms with van der Waals surface area (Å²) in [6, 6.07) is 15.5. The van der Waals surface area contributed by atoms with E-state index in [9.17, 15) is 4.79 Å². The molecule has 0 atom stereocenters. The highest BCUT2D eigenvalue weighted by molar-refractivity contribution is 7.12. The normalized spacial score (nSPS) is 10.8. The minimum absolute atomic E-state index is 0.0132. The molecule has 0 aliphatic heterocycles. The van der Waals surface area contributed by atoms with E-state index in [-0.39, 0.29) is 5.91 Å². The lowest BCUT2D eigenvalue weighted by molar-refractivity contribution is 0.0734. The van der Waals surface area contributed by atoms with Crippen molar-refractivity contribution >= 4 is 34.0 Å². The van der Waals surface area contributed by atoms with Crippen LogP contribution in [0.1, 0.15) is 26.4 Å². The Kier molecular flexibility index (Phi) is 7.64. The van der Waals surface area contributed by atoms with Crippen molar-refractivity contribution in [2.45, 2.75) is 20.0 Å². The number of hydrogen-bond donors (Lipinski definition) is 0. The summed E-state index contributed by atoms with van der Waals surface area (Å²) in [5.41, 5.74) is 3.61. The van der Waals surface area contributed by atoms with Gasteiger partial charge in [-0.3, -0.25) is 4.79 Å². The highest BCUT2D eigenvalue weighted by Crippen LogP contribution is 2.36. The van der Waals surface area contributed by atoms with Gasteiger partial charge >= 0.3 is 0 Å². The van der Waals surface area contributed by atoms with Gasteiger partial charge in [-0.2, -0.15) is 0 Å². The van der Waals surface area contributed by atoms with Crippen LogP contribution in [-0.4, -0.2) is 51.2 Å². The van der Waals surface area contributed by atoms with Crippen molar-refractivity contribution in [2.75, 3.05) is 40.3 Å². The number of amides is 1. The van der Waals surface area contributed by atoms with E-state index in [1.54, 1.807) is 21.3 Å². The first-order valence-electron chi connectivity index (χ1n) is 11.5. The number of hydrogen-bond acceptors (Lipinski definition) is 7. The van der Waals surface area contributed by atoms with E-state index >= 15 is 0 Å². The monoisotopic (exact) mass is 505 g/mol. The number of anilines is 1. The summed E-state index contributed by atoms with van der Waals surface area (Å²) < 4.78 is 16.5. The number of thiophene rings is 1. The van der Waals surface area contributed by atoms with E-state index in [4.69, 9.17) is 19.2 Å². The van der Waals surface area contributed by atoms with Gasteiger partial charge in [0.25, 0.3) is 5.91 Å². The number of aryl methyl sites for hydroxylation is 1. The molecular weight excluding hydrogens is 474 g/mol. The Balaban J connectivity index is 1.81. The maximum atomic E-state index is 13.8. The zero-order valence-corrected chi connectivity index (χ0v) is 22.3. The van der Waals surface area contributed by atoms with Gasteiger partial charge in [-0.1, -0.05) is 12.1 Å². The summed E-state index contributed by atoms with van der Waals surface area (Å²) in [5.74, 6) is 2.90. The molecule has 0 radical (unpaired) electrons. The van der Waals surface area contributed by atoms with Crippen molar-refractivity contribution < 1.29 is 19.0 Å². The second-order valence-corrected chi connectivity index (χ2v) is 9.59. The molecule has 1 amide bonds. The summed E-state index contributed by atoms with van der Waals surface area (Å²) in [7, 11) is 8.81. The first kappa shape index (κ1) is 25.3. The number of pyridine rings is 1. The Morgan fingerprint density at radius 3 is 2.19 bits per heavy atom. The average molecular weight is 506 g/mol. The number of nitrogens with zero attached hydrogens (tertiary/aromatic N) is 3. The van der Waals surface area contributed by atoms with Gasteiger partial charge in [0.05, 0.1) is 32.8 Å². The molecule has 0 spiro atoms. The molecule has 36 heavy (non-hydrogen) atoms. The molecule has 188 valence electrons. The number of carbonyl (C=O) groups excluding carboxylic acids is 1. The molecule has 4 rings (SSSR count). The predicted molar refractivity (Wildman–Crippen MR) is 145 cm³/mol. The van der Waals surface area contributed by atoms with Crippen LogP contribution in [0.5, 0.6) is 17.2 Å². The summed E-state index contributed by atoms with van der Waals surface area (Å²) in [4.78, 5) is 23.3. The van der Waals surface area contributed by atoms with Gasteiger partial charge in [0.2, 0.25) is 0 Å². The van der Waals surface area contributed by atoms with Crippen LogP contribution >= 0.6 is 11.3 Å². The molecule has 2 aromatic heterocycles. The minimum atomic E-state index is -0.0132. The van der Waals surface area contributed by atoms with Crippen LogP contribution in [0.15, 0.2) is 53.9 Å². The first-order chi connectivity index (χ1) is 17.4. The average Bonchev–Trinajstić information content (AvgIpc) is 3.32.